The standard InChI is InChI=1S/C24H26ClFN4O2S/c1-14-11-28(2)8-9-29(14)23-18-10-19(25)20(15-4-6-16(26)7-5-15)22-21(18)30(24(31)27-23)12-17(32-3)13-33-22/h4-7,10,14,17H,8-9,11-13H2,1-3H3/t14-,17-/m0/s1. The Balaban J connectivity index is 1.81. The van der Waals surface area contributed by atoms with E-state index < -0.39 is 0 Å². The summed E-state index contributed by atoms with van der Waals surface area (Å²) in [5.41, 5.74) is 2.15. The van der Waals surface area contributed by atoms with Crippen LogP contribution in [-0.4, -0.2) is 66.1 Å². The quantitative estimate of drug-likeness (QED) is 0.553. The molecule has 0 saturated carbocycles. The summed E-state index contributed by atoms with van der Waals surface area (Å²) < 4.78 is 21.0. The van der Waals surface area contributed by atoms with E-state index in [9.17, 15) is 9.18 Å². The van der Waals surface area contributed by atoms with Crippen LogP contribution < -0.4 is 10.6 Å². The minimum atomic E-state index is -0.305. The van der Waals surface area contributed by atoms with Crippen LogP contribution in [-0.2, 0) is 11.3 Å². The number of hydrogen-bond donors (Lipinski definition) is 0. The first-order chi connectivity index (χ1) is 15.9. The van der Waals surface area contributed by atoms with Crippen molar-refractivity contribution in [2.75, 3.05) is 44.4 Å². The Bertz CT molecular complexity index is 1270. The Morgan fingerprint density at radius 2 is 1.97 bits per heavy atom. The lowest BCUT2D eigenvalue weighted by Crippen LogP contribution is -2.51. The highest BCUT2D eigenvalue weighted by Gasteiger charge is 2.30. The maximum atomic E-state index is 13.6. The molecule has 33 heavy (non-hydrogen) atoms. The first-order valence-corrected chi connectivity index (χ1v) is 12.4. The fraction of sp³-hybridized carbons (Fsp3) is 0.417. The molecule has 0 unspecified atom stereocenters. The third-order valence-electron chi connectivity index (χ3n) is 6.52. The Morgan fingerprint density at radius 3 is 2.67 bits per heavy atom. The molecule has 0 radical (unpaired) electrons. The second-order valence-electron chi connectivity index (χ2n) is 8.77. The number of likely N-dealkylation sites (N-methyl/N-ethyl adjacent to an activating group) is 1. The molecule has 1 aromatic heterocycles. The summed E-state index contributed by atoms with van der Waals surface area (Å²) >= 11 is 8.51. The van der Waals surface area contributed by atoms with E-state index in [2.05, 4.69) is 28.8 Å². The van der Waals surface area contributed by atoms with Crippen molar-refractivity contribution in [2.45, 2.75) is 30.5 Å². The highest BCUT2D eigenvalue weighted by atomic mass is 35.5. The van der Waals surface area contributed by atoms with Crippen molar-refractivity contribution in [3.8, 4) is 11.1 Å². The highest BCUT2D eigenvalue weighted by Crippen LogP contribution is 2.45. The minimum absolute atomic E-state index is 0.140. The third kappa shape index (κ3) is 4.03. The molecule has 2 aromatic carbocycles. The van der Waals surface area contributed by atoms with Gasteiger partial charge in [0.15, 0.2) is 0 Å². The topological polar surface area (TPSA) is 50.6 Å². The number of benzene rings is 2. The molecule has 1 fully saturated rings. The number of anilines is 1. The zero-order valence-corrected chi connectivity index (χ0v) is 20.4. The summed E-state index contributed by atoms with van der Waals surface area (Å²) in [6, 6.07) is 8.43. The van der Waals surface area contributed by atoms with Crippen LogP contribution in [0, 0.1) is 5.82 Å². The first kappa shape index (κ1) is 22.7. The number of thioether (sulfide) groups is 1. The summed E-state index contributed by atoms with van der Waals surface area (Å²) in [4.78, 5) is 23.3. The van der Waals surface area contributed by atoms with E-state index in [0.29, 0.717) is 23.1 Å². The minimum Gasteiger partial charge on any atom is -0.379 e. The molecule has 0 N–H and O–H groups in total. The van der Waals surface area contributed by atoms with E-state index in [1.165, 1.54) is 12.1 Å². The van der Waals surface area contributed by atoms with Gasteiger partial charge in [0.05, 0.1) is 23.2 Å². The van der Waals surface area contributed by atoms with Gasteiger partial charge in [0.1, 0.15) is 11.6 Å². The molecule has 5 rings (SSSR count). The lowest BCUT2D eigenvalue weighted by Gasteiger charge is -2.39. The van der Waals surface area contributed by atoms with Gasteiger partial charge in [0, 0.05) is 54.4 Å². The number of rotatable bonds is 3. The van der Waals surface area contributed by atoms with Crippen LogP contribution in [0.4, 0.5) is 10.2 Å². The van der Waals surface area contributed by atoms with Crippen LogP contribution in [0.2, 0.25) is 5.02 Å². The molecule has 2 aliphatic rings. The summed E-state index contributed by atoms with van der Waals surface area (Å²) in [5, 5.41) is 1.42. The van der Waals surface area contributed by atoms with Crippen molar-refractivity contribution in [2.24, 2.45) is 0 Å². The maximum Gasteiger partial charge on any atom is 0.350 e. The van der Waals surface area contributed by atoms with Gasteiger partial charge in [-0.3, -0.25) is 4.57 Å². The molecule has 2 aliphatic heterocycles. The largest absolute Gasteiger partial charge is 0.379 e. The van der Waals surface area contributed by atoms with Crippen molar-refractivity contribution in [1.29, 1.82) is 0 Å². The number of nitrogens with zero attached hydrogens (tertiary/aromatic N) is 4. The van der Waals surface area contributed by atoms with E-state index in [1.54, 1.807) is 35.6 Å². The van der Waals surface area contributed by atoms with E-state index in [4.69, 9.17) is 16.3 Å². The monoisotopic (exact) mass is 488 g/mol. The molecule has 3 aromatic rings. The molecular formula is C24H26ClFN4O2S. The average molecular weight is 489 g/mol. The third-order valence-corrected chi connectivity index (χ3v) is 8.04. The SMILES string of the molecule is CO[C@@H]1CSc2c(-c3ccc(F)cc3)c(Cl)cc3c(N4CCN(C)C[C@@H]4C)nc(=O)n(c23)C1. The van der Waals surface area contributed by atoms with Crippen LogP contribution in [0.3, 0.4) is 0 Å². The number of ether oxygens (including phenoxy) is 1. The summed E-state index contributed by atoms with van der Waals surface area (Å²) in [6.45, 7) is 5.13. The normalized spacial score (nSPS) is 21.4. The zero-order valence-electron chi connectivity index (χ0n) is 18.8. The highest BCUT2D eigenvalue weighted by molar-refractivity contribution is 7.99. The molecule has 1 saturated heterocycles. The molecule has 3 heterocycles. The van der Waals surface area contributed by atoms with Crippen molar-refractivity contribution >= 4 is 40.1 Å². The molecular weight excluding hydrogens is 463 g/mol. The van der Waals surface area contributed by atoms with Crippen molar-refractivity contribution in [3.63, 3.8) is 0 Å². The summed E-state index contributed by atoms with van der Waals surface area (Å²) in [6.07, 6.45) is -0.140. The van der Waals surface area contributed by atoms with Crippen molar-refractivity contribution in [1.82, 2.24) is 14.5 Å². The second kappa shape index (κ2) is 8.91. The van der Waals surface area contributed by atoms with Crippen LogP contribution in [0.15, 0.2) is 40.0 Å². The van der Waals surface area contributed by atoms with Gasteiger partial charge in [0.25, 0.3) is 0 Å². The van der Waals surface area contributed by atoms with Gasteiger partial charge in [-0.05, 0) is 37.7 Å². The van der Waals surface area contributed by atoms with Crippen LogP contribution in [0.25, 0.3) is 22.0 Å². The van der Waals surface area contributed by atoms with Crippen LogP contribution in [0.1, 0.15) is 6.92 Å². The number of piperazine rings is 1. The van der Waals surface area contributed by atoms with Crippen molar-refractivity contribution < 1.29 is 9.13 Å². The van der Waals surface area contributed by atoms with Crippen LogP contribution in [0.5, 0.6) is 0 Å². The van der Waals surface area contributed by atoms with Gasteiger partial charge < -0.3 is 14.5 Å². The Kier molecular flexibility index (Phi) is 6.11. The van der Waals surface area contributed by atoms with Gasteiger partial charge >= 0.3 is 5.69 Å². The van der Waals surface area contributed by atoms with Gasteiger partial charge in [-0.25, -0.2) is 9.18 Å². The number of hydrogen-bond acceptors (Lipinski definition) is 6. The van der Waals surface area contributed by atoms with E-state index >= 15 is 0 Å². The van der Waals surface area contributed by atoms with E-state index in [-0.39, 0.29) is 23.7 Å². The fourth-order valence-electron chi connectivity index (χ4n) is 4.81. The van der Waals surface area contributed by atoms with E-state index in [0.717, 1.165) is 46.6 Å². The lowest BCUT2D eigenvalue weighted by molar-refractivity contribution is 0.107. The number of halogens is 2. The van der Waals surface area contributed by atoms with Gasteiger partial charge in [-0.15, -0.1) is 11.8 Å². The molecule has 174 valence electrons. The average Bonchev–Trinajstić information content (AvgIpc) is 2.98. The molecule has 0 amide bonds. The Labute approximate surface area is 201 Å². The van der Waals surface area contributed by atoms with Gasteiger partial charge in [-0.2, -0.15) is 4.98 Å². The predicted molar refractivity (Wildman–Crippen MR) is 132 cm³/mol. The molecule has 2 atom stereocenters. The predicted octanol–water partition coefficient (Wildman–Crippen LogP) is 4.12. The number of aromatic nitrogens is 2. The Morgan fingerprint density at radius 1 is 1.21 bits per heavy atom. The molecule has 6 nitrogen and oxygen atoms in total. The molecule has 0 aliphatic carbocycles. The second-order valence-corrected chi connectivity index (χ2v) is 10.2. The number of methoxy groups -OCH3 is 1. The van der Waals surface area contributed by atoms with E-state index in [1.807, 2.05) is 6.07 Å². The Hall–Kier alpha value is -2.13. The van der Waals surface area contributed by atoms with Gasteiger partial charge in [-0.1, -0.05) is 23.7 Å². The first-order valence-electron chi connectivity index (χ1n) is 11.0. The van der Waals surface area contributed by atoms with Crippen LogP contribution >= 0.6 is 23.4 Å². The van der Waals surface area contributed by atoms with Gasteiger partial charge in [0.2, 0.25) is 0 Å². The lowest BCUT2D eigenvalue weighted by atomic mass is 10.0. The van der Waals surface area contributed by atoms with Crippen molar-refractivity contribution in [3.05, 3.63) is 51.7 Å². The smallest absolute Gasteiger partial charge is 0.350 e. The molecule has 0 spiro atoms. The fourth-order valence-corrected chi connectivity index (χ4v) is 6.50. The zero-order chi connectivity index (χ0) is 23.3. The molecule has 0 bridgehead atoms. The summed E-state index contributed by atoms with van der Waals surface area (Å²) in [7, 11) is 3.76. The molecule has 9 heteroatoms. The maximum absolute atomic E-state index is 13.6. The summed E-state index contributed by atoms with van der Waals surface area (Å²) in [5.74, 6) is 1.04.